The fourth-order valence-corrected chi connectivity index (χ4v) is 5.10. The van der Waals surface area contributed by atoms with E-state index in [1.54, 1.807) is 0 Å². The Balaban J connectivity index is 1.65. The predicted molar refractivity (Wildman–Crippen MR) is 118 cm³/mol. The number of methoxy groups -OCH3 is 1. The van der Waals surface area contributed by atoms with Crippen molar-refractivity contribution >= 4 is 44.9 Å². The van der Waals surface area contributed by atoms with E-state index in [1.165, 1.54) is 43.5 Å². The van der Waals surface area contributed by atoms with Crippen molar-refractivity contribution in [3.63, 3.8) is 0 Å². The smallest absolute Gasteiger partial charge is 0.324 e. The second-order valence-corrected chi connectivity index (χ2v) is 9.35. The molecule has 2 aromatic carbocycles. The average Bonchev–Trinajstić information content (AvgIpc) is 3.29. The van der Waals surface area contributed by atoms with Crippen molar-refractivity contribution in [3.8, 4) is 5.75 Å². The number of nitro benzene ring substituents is 1. The van der Waals surface area contributed by atoms with Crippen molar-refractivity contribution in [3.05, 3.63) is 57.6 Å². The summed E-state index contributed by atoms with van der Waals surface area (Å²) in [5.74, 6) is -1.46. The Hall–Kier alpha value is -3.22. The molecule has 0 aliphatic carbocycles. The van der Waals surface area contributed by atoms with Crippen LogP contribution in [-0.4, -0.2) is 55.8 Å². The number of nitro groups is 1. The number of halogens is 1. The molecule has 1 heterocycles. The number of amides is 1. The third-order valence-corrected chi connectivity index (χ3v) is 7.08. The van der Waals surface area contributed by atoms with Gasteiger partial charge in [-0.1, -0.05) is 11.6 Å². The number of ether oxygens (including phenoxy) is 2. The minimum absolute atomic E-state index is 0.0119. The number of sulfonamides is 1. The van der Waals surface area contributed by atoms with Crippen LogP contribution in [0.4, 0.5) is 11.4 Å². The topological polar surface area (TPSA) is 145 Å². The minimum atomic E-state index is -3.97. The van der Waals surface area contributed by atoms with Crippen LogP contribution in [0.1, 0.15) is 12.8 Å². The van der Waals surface area contributed by atoms with Gasteiger partial charge in [-0.2, -0.15) is 4.31 Å². The van der Waals surface area contributed by atoms with Gasteiger partial charge in [0.2, 0.25) is 10.0 Å². The largest absolute Gasteiger partial charge is 0.495 e. The molecule has 11 nitrogen and oxygen atoms in total. The molecule has 1 unspecified atom stereocenters. The summed E-state index contributed by atoms with van der Waals surface area (Å²) in [4.78, 5) is 35.1. The third kappa shape index (κ3) is 5.59. The number of hydrogen-bond donors (Lipinski definition) is 1. The highest BCUT2D eigenvalue weighted by Crippen LogP contribution is 2.29. The Labute approximate surface area is 194 Å². The van der Waals surface area contributed by atoms with E-state index in [9.17, 15) is 28.1 Å². The Morgan fingerprint density at radius 3 is 2.58 bits per heavy atom. The molecule has 1 amide bonds. The van der Waals surface area contributed by atoms with Crippen molar-refractivity contribution in [2.24, 2.45) is 0 Å². The first-order chi connectivity index (χ1) is 15.6. The quantitative estimate of drug-likeness (QED) is 0.332. The molecule has 1 saturated heterocycles. The van der Waals surface area contributed by atoms with E-state index in [-0.39, 0.29) is 35.0 Å². The summed E-state index contributed by atoms with van der Waals surface area (Å²) in [6.45, 7) is -0.585. The van der Waals surface area contributed by atoms with Crippen LogP contribution in [0.3, 0.4) is 0 Å². The van der Waals surface area contributed by atoms with Crippen molar-refractivity contribution in [2.75, 3.05) is 25.6 Å². The molecule has 1 atom stereocenters. The number of rotatable bonds is 8. The lowest BCUT2D eigenvalue weighted by molar-refractivity contribution is -0.384. The van der Waals surface area contributed by atoms with Crippen molar-refractivity contribution in [1.29, 1.82) is 0 Å². The van der Waals surface area contributed by atoms with Crippen LogP contribution < -0.4 is 10.1 Å². The van der Waals surface area contributed by atoms with Gasteiger partial charge in [-0.25, -0.2) is 8.42 Å². The Kier molecular flexibility index (Phi) is 7.51. The summed E-state index contributed by atoms with van der Waals surface area (Å²) >= 11 is 5.81. The first kappa shape index (κ1) is 24.4. The first-order valence-corrected chi connectivity index (χ1v) is 11.5. The molecule has 0 radical (unpaired) electrons. The van der Waals surface area contributed by atoms with Crippen molar-refractivity contribution in [2.45, 2.75) is 23.8 Å². The maximum absolute atomic E-state index is 12.9. The van der Waals surface area contributed by atoms with E-state index in [4.69, 9.17) is 21.1 Å². The summed E-state index contributed by atoms with van der Waals surface area (Å²) in [7, 11) is -2.64. The van der Waals surface area contributed by atoms with E-state index in [0.29, 0.717) is 11.4 Å². The zero-order chi connectivity index (χ0) is 24.2. The summed E-state index contributed by atoms with van der Waals surface area (Å²) in [5.41, 5.74) is -0.238. The molecule has 176 valence electrons. The molecule has 0 aromatic heterocycles. The van der Waals surface area contributed by atoms with Crippen LogP contribution in [0.5, 0.6) is 5.75 Å². The van der Waals surface area contributed by atoms with Crippen LogP contribution in [0, 0.1) is 10.1 Å². The van der Waals surface area contributed by atoms with Gasteiger partial charge in [-0.3, -0.25) is 19.7 Å². The molecule has 1 aliphatic rings. The van der Waals surface area contributed by atoms with E-state index in [2.05, 4.69) is 5.32 Å². The van der Waals surface area contributed by atoms with E-state index in [0.717, 1.165) is 10.4 Å². The Morgan fingerprint density at radius 2 is 1.94 bits per heavy atom. The molecule has 0 bridgehead atoms. The molecule has 13 heteroatoms. The van der Waals surface area contributed by atoms with Crippen LogP contribution in [-0.2, 0) is 24.3 Å². The zero-order valence-electron chi connectivity index (χ0n) is 17.4. The van der Waals surface area contributed by atoms with E-state index >= 15 is 0 Å². The Morgan fingerprint density at radius 1 is 1.24 bits per heavy atom. The Bertz CT molecular complexity index is 1170. The zero-order valence-corrected chi connectivity index (χ0v) is 19.0. The summed E-state index contributed by atoms with van der Waals surface area (Å²) in [6.07, 6.45) is 0.690. The van der Waals surface area contributed by atoms with Gasteiger partial charge in [-0.15, -0.1) is 0 Å². The van der Waals surface area contributed by atoms with E-state index < -0.39 is 39.5 Å². The molecule has 33 heavy (non-hydrogen) atoms. The van der Waals surface area contributed by atoms with Gasteiger partial charge in [-0.05, 0) is 43.2 Å². The van der Waals surface area contributed by atoms with Crippen molar-refractivity contribution < 1.29 is 32.4 Å². The molecule has 0 saturated carbocycles. The fourth-order valence-electron chi connectivity index (χ4n) is 3.33. The molecular weight excluding hydrogens is 478 g/mol. The molecule has 0 spiro atoms. The molecule has 2 aromatic rings. The second kappa shape index (κ2) is 10.1. The standard InChI is InChI=1S/C20H20ClN3O8S/c1-31-18-9-6-14(24(27)28)11-16(18)22-19(25)12-32-20(26)17-3-2-10-23(17)33(29,30)15-7-4-13(21)5-8-15/h4-9,11,17H,2-3,10,12H2,1H3,(H,22,25). The molecule has 3 rings (SSSR count). The third-order valence-electron chi connectivity index (χ3n) is 4.91. The van der Waals surface area contributed by atoms with Gasteiger partial charge >= 0.3 is 5.97 Å². The van der Waals surface area contributed by atoms with Gasteiger partial charge in [0.25, 0.3) is 11.6 Å². The monoisotopic (exact) mass is 497 g/mol. The molecule has 1 N–H and O–H groups in total. The van der Waals surface area contributed by atoms with Crippen LogP contribution >= 0.6 is 11.6 Å². The van der Waals surface area contributed by atoms with Gasteiger partial charge < -0.3 is 14.8 Å². The van der Waals surface area contributed by atoms with Crippen LogP contribution in [0.15, 0.2) is 47.4 Å². The summed E-state index contributed by atoms with van der Waals surface area (Å²) in [6, 6.07) is 8.12. The SMILES string of the molecule is COc1ccc([N+](=O)[O-])cc1NC(=O)COC(=O)C1CCCN1S(=O)(=O)c1ccc(Cl)cc1. The molecule has 1 aliphatic heterocycles. The second-order valence-electron chi connectivity index (χ2n) is 7.03. The van der Waals surface area contributed by atoms with Gasteiger partial charge in [0.05, 0.1) is 22.6 Å². The number of nitrogens with one attached hydrogen (secondary N) is 1. The maximum Gasteiger partial charge on any atom is 0.324 e. The summed E-state index contributed by atoms with van der Waals surface area (Å²) < 4.78 is 37.0. The van der Waals surface area contributed by atoms with E-state index in [1.807, 2.05) is 0 Å². The lowest BCUT2D eigenvalue weighted by Gasteiger charge is -2.22. The number of esters is 1. The number of carbonyl (C=O) groups is 2. The summed E-state index contributed by atoms with van der Waals surface area (Å²) in [5, 5.41) is 13.7. The average molecular weight is 498 g/mol. The number of benzene rings is 2. The maximum atomic E-state index is 12.9. The normalized spacial score (nSPS) is 16.2. The molecule has 1 fully saturated rings. The number of non-ortho nitro benzene ring substituents is 1. The lowest BCUT2D eigenvalue weighted by atomic mass is 10.2. The highest BCUT2D eigenvalue weighted by molar-refractivity contribution is 7.89. The number of carbonyl (C=O) groups excluding carboxylic acids is 2. The number of nitrogens with zero attached hydrogens (tertiary/aromatic N) is 2. The lowest BCUT2D eigenvalue weighted by Crippen LogP contribution is -2.42. The predicted octanol–water partition coefficient (Wildman–Crippen LogP) is 2.59. The van der Waals surface area contributed by atoms with Crippen molar-refractivity contribution in [1.82, 2.24) is 4.31 Å². The van der Waals surface area contributed by atoms with Crippen LogP contribution in [0.25, 0.3) is 0 Å². The first-order valence-electron chi connectivity index (χ1n) is 9.70. The van der Waals surface area contributed by atoms with Gasteiger partial charge in [0.1, 0.15) is 11.8 Å². The number of hydrogen-bond acceptors (Lipinski definition) is 8. The minimum Gasteiger partial charge on any atom is -0.495 e. The highest BCUT2D eigenvalue weighted by Gasteiger charge is 2.40. The van der Waals surface area contributed by atoms with Gasteiger partial charge in [0.15, 0.2) is 6.61 Å². The molecular formula is C20H20ClN3O8S. The number of anilines is 1. The van der Waals surface area contributed by atoms with Crippen LogP contribution in [0.2, 0.25) is 5.02 Å². The fraction of sp³-hybridized carbons (Fsp3) is 0.300. The highest BCUT2D eigenvalue weighted by atomic mass is 35.5. The van der Waals surface area contributed by atoms with Gasteiger partial charge in [0, 0.05) is 23.7 Å².